The van der Waals surface area contributed by atoms with E-state index in [0.717, 1.165) is 24.3 Å². The second-order valence-electron chi connectivity index (χ2n) is 6.42. The van der Waals surface area contributed by atoms with Crippen LogP contribution in [0.3, 0.4) is 0 Å². The van der Waals surface area contributed by atoms with E-state index in [0.29, 0.717) is 30.4 Å². The van der Waals surface area contributed by atoms with E-state index in [1.54, 1.807) is 12.1 Å². The van der Waals surface area contributed by atoms with Crippen molar-refractivity contribution < 1.29 is 14.3 Å². The van der Waals surface area contributed by atoms with Crippen LogP contribution in [0.2, 0.25) is 0 Å². The third kappa shape index (κ3) is 6.49. The van der Waals surface area contributed by atoms with E-state index in [1.165, 1.54) is 0 Å². The number of unbranched alkanes of at least 4 members (excludes halogenated alkanes) is 1. The first-order valence-electron chi connectivity index (χ1n) is 8.85. The highest BCUT2D eigenvalue weighted by Gasteiger charge is 2.08. The summed E-state index contributed by atoms with van der Waals surface area (Å²) >= 11 is 0. The van der Waals surface area contributed by atoms with E-state index in [9.17, 15) is 4.79 Å². The average Bonchev–Trinajstić information content (AvgIpc) is 2.61. The maximum absolute atomic E-state index is 12.5. The van der Waals surface area contributed by atoms with Crippen LogP contribution in [0.4, 0.5) is 5.69 Å². The Morgan fingerprint density at radius 1 is 1.04 bits per heavy atom. The van der Waals surface area contributed by atoms with Crippen molar-refractivity contribution in [2.24, 2.45) is 5.92 Å². The molecule has 0 aliphatic rings. The Labute approximate surface area is 150 Å². The molecule has 0 bridgehead atoms. The number of anilines is 1. The van der Waals surface area contributed by atoms with Gasteiger partial charge in [0.2, 0.25) is 0 Å². The highest BCUT2D eigenvalue weighted by Crippen LogP contribution is 2.20. The Balaban J connectivity index is 1.99. The van der Waals surface area contributed by atoms with E-state index in [-0.39, 0.29) is 5.91 Å². The minimum Gasteiger partial charge on any atom is -0.494 e. The normalized spacial score (nSPS) is 10.6. The molecule has 0 fully saturated rings. The number of hydrogen-bond acceptors (Lipinski definition) is 3. The van der Waals surface area contributed by atoms with E-state index in [2.05, 4.69) is 26.1 Å². The molecule has 2 aromatic carbocycles. The Morgan fingerprint density at radius 2 is 1.76 bits per heavy atom. The molecule has 0 heterocycles. The van der Waals surface area contributed by atoms with Crippen molar-refractivity contribution in [3.8, 4) is 11.5 Å². The summed E-state index contributed by atoms with van der Waals surface area (Å²) in [6.07, 6.45) is 2.08. The Morgan fingerprint density at radius 3 is 2.48 bits per heavy atom. The van der Waals surface area contributed by atoms with E-state index in [4.69, 9.17) is 9.47 Å². The zero-order chi connectivity index (χ0) is 18.1. The standard InChI is InChI=1S/C21H27NO3/c1-4-5-12-24-19-10-6-8-17(13-19)21(23)22-18-9-7-11-20(14-18)25-15-16(2)3/h6-11,13-14,16H,4-5,12,15H2,1-3H3,(H,22,23). The SMILES string of the molecule is CCCCOc1cccc(C(=O)Nc2cccc(OCC(C)C)c2)c1. The summed E-state index contributed by atoms with van der Waals surface area (Å²) in [6.45, 7) is 7.62. The monoisotopic (exact) mass is 341 g/mol. The molecule has 0 aliphatic carbocycles. The zero-order valence-electron chi connectivity index (χ0n) is 15.2. The molecule has 1 amide bonds. The molecule has 4 heteroatoms. The van der Waals surface area contributed by atoms with Gasteiger partial charge in [-0.3, -0.25) is 4.79 Å². The quantitative estimate of drug-likeness (QED) is 0.641. The van der Waals surface area contributed by atoms with E-state index in [1.807, 2.05) is 36.4 Å². The molecular weight excluding hydrogens is 314 g/mol. The number of amides is 1. The summed E-state index contributed by atoms with van der Waals surface area (Å²) in [4.78, 5) is 12.5. The molecule has 0 spiro atoms. The van der Waals surface area contributed by atoms with Gasteiger partial charge in [-0.25, -0.2) is 0 Å². The third-order valence-electron chi connectivity index (χ3n) is 3.54. The van der Waals surface area contributed by atoms with Crippen molar-refractivity contribution in [3.63, 3.8) is 0 Å². The summed E-state index contributed by atoms with van der Waals surface area (Å²) in [5.74, 6) is 1.76. The van der Waals surface area contributed by atoms with Crippen LogP contribution in [-0.2, 0) is 0 Å². The lowest BCUT2D eigenvalue weighted by Crippen LogP contribution is -2.12. The Hall–Kier alpha value is -2.49. The van der Waals surface area contributed by atoms with Gasteiger partial charge in [-0.2, -0.15) is 0 Å². The average molecular weight is 341 g/mol. The molecule has 2 rings (SSSR count). The number of carbonyl (C=O) groups is 1. The summed E-state index contributed by atoms with van der Waals surface area (Å²) < 4.78 is 11.4. The second kappa shape index (κ2) is 9.72. The fourth-order valence-corrected chi connectivity index (χ4v) is 2.19. The van der Waals surface area contributed by atoms with Gasteiger partial charge in [-0.1, -0.05) is 39.3 Å². The number of hydrogen-bond donors (Lipinski definition) is 1. The predicted octanol–water partition coefficient (Wildman–Crippen LogP) is 5.15. The second-order valence-corrected chi connectivity index (χ2v) is 6.42. The number of carbonyl (C=O) groups excluding carboxylic acids is 1. The summed E-state index contributed by atoms with van der Waals surface area (Å²) in [5, 5.41) is 2.91. The highest BCUT2D eigenvalue weighted by atomic mass is 16.5. The fraction of sp³-hybridized carbons (Fsp3) is 0.381. The first-order valence-corrected chi connectivity index (χ1v) is 8.85. The van der Waals surface area contributed by atoms with Crippen LogP contribution >= 0.6 is 0 Å². The largest absolute Gasteiger partial charge is 0.494 e. The minimum absolute atomic E-state index is 0.165. The number of rotatable bonds is 9. The lowest BCUT2D eigenvalue weighted by Gasteiger charge is -2.11. The number of ether oxygens (including phenoxy) is 2. The van der Waals surface area contributed by atoms with Crippen LogP contribution in [0.5, 0.6) is 11.5 Å². The van der Waals surface area contributed by atoms with Crippen LogP contribution in [0, 0.1) is 5.92 Å². The first-order chi connectivity index (χ1) is 12.1. The molecule has 0 radical (unpaired) electrons. The van der Waals surface area contributed by atoms with Gasteiger partial charge in [0.05, 0.1) is 13.2 Å². The molecule has 0 aliphatic heterocycles. The van der Waals surface area contributed by atoms with Crippen LogP contribution in [-0.4, -0.2) is 19.1 Å². The van der Waals surface area contributed by atoms with Crippen LogP contribution < -0.4 is 14.8 Å². The van der Waals surface area contributed by atoms with Gasteiger partial charge < -0.3 is 14.8 Å². The van der Waals surface area contributed by atoms with Crippen molar-refractivity contribution in [3.05, 3.63) is 54.1 Å². The number of benzene rings is 2. The molecule has 2 aromatic rings. The third-order valence-corrected chi connectivity index (χ3v) is 3.54. The van der Waals surface area contributed by atoms with Crippen molar-refractivity contribution in [1.29, 1.82) is 0 Å². The molecule has 0 saturated carbocycles. The van der Waals surface area contributed by atoms with Crippen LogP contribution in [0.25, 0.3) is 0 Å². The summed E-state index contributed by atoms with van der Waals surface area (Å²) in [7, 11) is 0. The van der Waals surface area contributed by atoms with Gasteiger partial charge in [0.1, 0.15) is 11.5 Å². The predicted molar refractivity (Wildman–Crippen MR) is 102 cm³/mol. The molecule has 1 N–H and O–H groups in total. The molecule has 0 unspecified atom stereocenters. The Kier molecular flexibility index (Phi) is 7.33. The summed E-state index contributed by atoms with van der Waals surface area (Å²) in [5.41, 5.74) is 1.28. The van der Waals surface area contributed by atoms with Crippen LogP contribution in [0.1, 0.15) is 44.0 Å². The van der Waals surface area contributed by atoms with Gasteiger partial charge in [0, 0.05) is 17.3 Å². The number of nitrogens with one attached hydrogen (secondary N) is 1. The van der Waals surface area contributed by atoms with Crippen molar-refractivity contribution in [2.45, 2.75) is 33.6 Å². The fourth-order valence-electron chi connectivity index (χ4n) is 2.19. The van der Waals surface area contributed by atoms with Crippen molar-refractivity contribution >= 4 is 11.6 Å². The first kappa shape index (κ1) is 18.8. The van der Waals surface area contributed by atoms with E-state index < -0.39 is 0 Å². The zero-order valence-corrected chi connectivity index (χ0v) is 15.2. The van der Waals surface area contributed by atoms with Gasteiger partial charge >= 0.3 is 0 Å². The molecule has 25 heavy (non-hydrogen) atoms. The van der Waals surface area contributed by atoms with Gasteiger partial charge in [-0.05, 0) is 42.7 Å². The van der Waals surface area contributed by atoms with Crippen molar-refractivity contribution in [1.82, 2.24) is 0 Å². The lowest BCUT2D eigenvalue weighted by atomic mass is 10.2. The smallest absolute Gasteiger partial charge is 0.255 e. The minimum atomic E-state index is -0.165. The lowest BCUT2D eigenvalue weighted by molar-refractivity contribution is 0.102. The molecule has 134 valence electrons. The molecule has 4 nitrogen and oxygen atoms in total. The molecule has 0 atom stereocenters. The highest BCUT2D eigenvalue weighted by molar-refractivity contribution is 6.04. The molecular formula is C21H27NO3. The van der Waals surface area contributed by atoms with E-state index >= 15 is 0 Å². The van der Waals surface area contributed by atoms with Gasteiger partial charge in [-0.15, -0.1) is 0 Å². The maximum atomic E-state index is 12.5. The van der Waals surface area contributed by atoms with Crippen LogP contribution in [0.15, 0.2) is 48.5 Å². The molecule has 0 saturated heterocycles. The summed E-state index contributed by atoms with van der Waals surface area (Å²) in [6, 6.07) is 14.7. The van der Waals surface area contributed by atoms with Gasteiger partial charge in [0.25, 0.3) is 5.91 Å². The van der Waals surface area contributed by atoms with Gasteiger partial charge in [0.15, 0.2) is 0 Å². The van der Waals surface area contributed by atoms with Crippen molar-refractivity contribution in [2.75, 3.05) is 18.5 Å². The maximum Gasteiger partial charge on any atom is 0.255 e. The molecule has 0 aromatic heterocycles. The Bertz CT molecular complexity index is 682. The topological polar surface area (TPSA) is 47.6 Å².